The van der Waals surface area contributed by atoms with Crippen LogP contribution in [0.25, 0.3) is 10.4 Å². The fourth-order valence-corrected chi connectivity index (χ4v) is 12.5. The SMILES string of the molecule is COc1cc(N2CCC(N3CCN(C(=O)CCCCC(=O)NC(C(=O)N4CC(O)CC4C(=O)NCc4ccc(-c5scnc5C)cc4)C(C)(C)C)CC3)CC2)ccc1Nc1ncc(Cl)c(Nc2ccccc2P(C)(C)=O)n1. The number of unbranched alkanes of at least 4 members (excludes halogenated alkanes) is 1. The van der Waals surface area contributed by atoms with Gasteiger partial charge in [0.15, 0.2) is 5.82 Å². The van der Waals surface area contributed by atoms with Crippen molar-refractivity contribution in [3.8, 4) is 16.2 Å². The van der Waals surface area contributed by atoms with Gasteiger partial charge in [-0.15, -0.1) is 11.3 Å². The number of β-amino-alcohol motifs (C(OH)–C–C–N with tert-alkyl or cyclic N) is 1. The van der Waals surface area contributed by atoms with E-state index < -0.39 is 36.7 Å². The highest BCUT2D eigenvalue weighted by atomic mass is 35.5. The van der Waals surface area contributed by atoms with Gasteiger partial charge >= 0.3 is 0 Å². The maximum atomic E-state index is 14.1. The van der Waals surface area contributed by atoms with Crippen LogP contribution in [0.4, 0.5) is 28.8 Å². The predicted octanol–water partition coefficient (Wildman–Crippen LogP) is 7.79. The Kier molecular flexibility index (Phi) is 18.6. The Bertz CT molecular complexity index is 2930. The summed E-state index contributed by atoms with van der Waals surface area (Å²) in [6.45, 7) is 16.0. The molecule has 3 unspecified atom stereocenters. The number of thiazole rings is 1. The zero-order valence-corrected chi connectivity index (χ0v) is 47.6. The largest absolute Gasteiger partial charge is 0.494 e. The summed E-state index contributed by atoms with van der Waals surface area (Å²) in [6.07, 6.45) is 4.26. The second-order valence-electron chi connectivity index (χ2n) is 21.7. The number of anilines is 5. The minimum Gasteiger partial charge on any atom is -0.494 e. The second kappa shape index (κ2) is 25.1. The molecule has 3 aromatic carbocycles. The molecule has 18 nitrogen and oxygen atoms in total. The van der Waals surface area contributed by atoms with Crippen LogP contribution in [0.2, 0.25) is 5.02 Å². The predicted molar refractivity (Wildman–Crippen MR) is 306 cm³/mol. The molecule has 8 rings (SSSR count). The molecule has 3 aliphatic rings. The van der Waals surface area contributed by atoms with E-state index in [4.69, 9.17) is 16.3 Å². The lowest BCUT2D eigenvalue weighted by Gasteiger charge is -2.43. The molecule has 21 heteroatoms. The Balaban J connectivity index is 0.745. The average molecular weight is 1110 g/mol. The number of nitrogens with one attached hydrogen (secondary N) is 4. The fraction of sp³-hybridized carbons (Fsp3) is 0.482. The number of ether oxygens (including phenoxy) is 1. The zero-order chi connectivity index (χ0) is 55.0. The van der Waals surface area contributed by atoms with Crippen molar-refractivity contribution in [3.63, 3.8) is 0 Å². The minimum atomic E-state index is -2.57. The Labute approximate surface area is 461 Å². The van der Waals surface area contributed by atoms with E-state index in [1.165, 1.54) is 11.1 Å². The fourth-order valence-electron chi connectivity index (χ4n) is 10.4. The molecule has 3 atom stereocenters. The topological polar surface area (TPSA) is 215 Å². The number of rotatable bonds is 19. The molecule has 3 aliphatic heterocycles. The van der Waals surface area contributed by atoms with Crippen molar-refractivity contribution in [2.45, 2.75) is 103 Å². The number of amides is 4. The molecule has 3 fully saturated rings. The molecular weight excluding hydrogens is 1040 g/mol. The van der Waals surface area contributed by atoms with Crippen molar-refractivity contribution in [1.29, 1.82) is 0 Å². The first-order valence-electron chi connectivity index (χ1n) is 26.5. The van der Waals surface area contributed by atoms with Gasteiger partial charge in [-0.2, -0.15) is 4.98 Å². The molecule has 77 heavy (non-hydrogen) atoms. The van der Waals surface area contributed by atoms with Crippen LogP contribution in [-0.2, 0) is 30.3 Å². The normalized spacial score (nSPS) is 18.0. The molecule has 3 saturated heterocycles. The van der Waals surface area contributed by atoms with Crippen LogP contribution in [-0.4, -0.2) is 149 Å². The monoisotopic (exact) mass is 1110 g/mol. The number of aryl methyl sites for hydroxylation is 1. The number of carbonyl (C=O) groups excluding carboxylic acids is 4. The average Bonchev–Trinajstić information content (AvgIpc) is 4.04. The molecule has 0 radical (unpaired) electrons. The Morgan fingerprint density at radius 1 is 0.909 bits per heavy atom. The number of aliphatic hydroxyl groups excluding tert-OH is 1. The van der Waals surface area contributed by atoms with Gasteiger partial charge in [-0.1, -0.05) is 68.8 Å². The molecular formula is C56H73ClN11O7PS. The van der Waals surface area contributed by atoms with E-state index in [2.05, 4.69) is 52.1 Å². The van der Waals surface area contributed by atoms with E-state index >= 15 is 0 Å². The molecule has 0 spiro atoms. The number of para-hydroxylation sites is 1. The van der Waals surface area contributed by atoms with E-state index in [9.17, 15) is 28.8 Å². The number of aliphatic hydroxyl groups is 1. The lowest BCUT2D eigenvalue weighted by Crippen LogP contribution is -2.57. The van der Waals surface area contributed by atoms with E-state index in [0.29, 0.717) is 77.6 Å². The second-order valence-corrected chi connectivity index (χ2v) is 26.1. The number of piperidine rings is 1. The maximum Gasteiger partial charge on any atom is 0.246 e. The standard InChI is InChI=1S/C56H73ClN11O7PS/c1-36-50(77-35-60-36)38-18-16-37(17-19-38)32-58-53(72)45-31-41(69)34-68(45)54(73)51(56(2,3)4)63-48(70)14-10-11-15-49(71)67-28-26-66(27-29-67)39-22-24-65(25-23-39)40-20-21-43(46(30-40)75-5)62-55-59-33-42(57)52(64-55)61-44-12-8-9-13-47(44)76(6,7)74/h8-9,12-13,16-21,30,33,35,39,41,45,51,69H,10-11,14-15,22-29,31-32,34H2,1-7H3,(H,58,72)(H,63,70)(H2,59,61,62,64). The van der Waals surface area contributed by atoms with Crippen LogP contribution >= 0.6 is 30.1 Å². The summed E-state index contributed by atoms with van der Waals surface area (Å²) >= 11 is 8.07. The number of hydrogen-bond donors (Lipinski definition) is 5. The van der Waals surface area contributed by atoms with Crippen LogP contribution in [0.5, 0.6) is 5.75 Å². The van der Waals surface area contributed by atoms with Crippen LogP contribution in [0.15, 0.2) is 78.4 Å². The van der Waals surface area contributed by atoms with Crippen molar-refractivity contribution in [3.05, 3.63) is 94.7 Å². The van der Waals surface area contributed by atoms with Crippen LogP contribution in [0.1, 0.15) is 77.0 Å². The number of methoxy groups -OCH3 is 1. The third-order valence-electron chi connectivity index (χ3n) is 14.7. The van der Waals surface area contributed by atoms with Gasteiger partial charge in [-0.3, -0.25) is 24.1 Å². The van der Waals surface area contributed by atoms with Crippen molar-refractivity contribution in [1.82, 2.24) is 40.3 Å². The number of hydrogen-bond acceptors (Lipinski definition) is 15. The van der Waals surface area contributed by atoms with Crippen molar-refractivity contribution in [2.75, 3.05) is 81.8 Å². The van der Waals surface area contributed by atoms with E-state index in [1.54, 1.807) is 31.8 Å². The number of aromatic nitrogens is 3. The first-order chi connectivity index (χ1) is 36.7. The molecule has 5 aromatic rings. The van der Waals surface area contributed by atoms with Gasteiger partial charge in [0.2, 0.25) is 29.6 Å². The van der Waals surface area contributed by atoms with Gasteiger partial charge in [0.05, 0.1) is 46.9 Å². The molecule has 0 bridgehead atoms. The van der Waals surface area contributed by atoms with Gasteiger partial charge in [0.1, 0.15) is 30.0 Å². The lowest BCUT2D eigenvalue weighted by atomic mass is 9.85. The Morgan fingerprint density at radius 2 is 1.62 bits per heavy atom. The van der Waals surface area contributed by atoms with Crippen LogP contribution in [0.3, 0.4) is 0 Å². The third-order valence-corrected chi connectivity index (χ3v) is 17.5. The Hall–Kier alpha value is -6.11. The van der Waals surface area contributed by atoms with Gasteiger partial charge in [0.25, 0.3) is 0 Å². The summed E-state index contributed by atoms with van der Waals surface area (Å²) in [6, 6.07) is 20.0. The highest BCUT2D eigenvalue weighted by Gasteiger charge is 2.44. The van der Waals surface area contributed by atoms with E-state index in [-0.39, 0.29) is 43.7 Å². The summed E-state index contributed by atoms with van der Waals surface area (Å²) in [7, 11) is -0.942. The number of carbonyl (C=O) groups is 4. The van der Waals surface area contributed by atoms with E-state index in [1.807, 2.05) is 98.8 Å². The highest BCUT2D eigenvalue weighted by molar-refractivity contribution is 7.70. The van der Waals surface area contributed by atoms with Crippen molar-refractivity contribution >= 4 is 87.8 Å². The van der Waals surface area contributed by atoms with Crippen LogP contribution in [0, 0.1) is 12.3 Å². The molecule has 4 amide bonds. The molecule has 5 heterocycles. The maximum absolute atomic E-state index is 14.1. The lowest BCUT2D eigenvalue weighted by molar-refractivity contribution is -0.144. The summed E-state index contributed by atoms with van der Waals surface area (Å²) < 4.78 is 18.8. The van der Waals surface area contributed by atoms with Gasteiger partial charge in [-0.25, -0.2) is 9.97 Å². The number of halogens is 1. The van der Waals surface area contributed by atoms with Gasteiger partial charge < -0.3 is 50.4 Å². The molecule has 2 aromatic heterocycles. The first kappa shape index (κ1) is 57.1. The smallest absolute Gasteiger partial charge is 0.246 e. The van der Waals surface area contributed by atoms with Crippen LogP contribution < -0.4 is 36.2 Å². The first-order valence-corrected chi connectivity index (χ1v) is 30.3. The van der Waals surface area contributed by atoms with E-state index in [0.717, 1.165) is 66.4 Å². The van der Waals surface area contributed by atoms with Gasteiger partial charge in [-0.05, 0) is 86.7 Å². The van der Waals surface area contributed by atoms with Gasteiger partial charge in [0, 0.05) is 94.7 Å². The molecule has 5 N–H and O–H groups in total. The Morgan fingerprint density at radius 3 is 2.30 bits per heavy atom. The summed E-state index contributed by atoms with van der Waals surface area (Å²) in [5, 5.41) is 24.1. The quantitative estimate of drug-likeness (QED) is 0.0395. The molecule has 0 aliphatic carbocycles. The minimum absolute atomic E-state index is 0.00337. The summed E-state index contributed by atoms with van der Waals surface area (Å²) in [4.78, 5) is 77.0. The van der Waals surface area contributed by atoms with Crippen molar-refractivity contribution < 1.29 is 33.6 Å². The summed E-state index contributed by atoms with van der Waals surface area (Å²) in [5.41, 5.74) is 6.47. The number of likely N-dealkylation sites (tertiary alicyclic amines) is 1. The summed E-state index contributed by atoms with van der Waals surface area (Å²) in [5.74, 6) is 0.360. The third kappa shape index (κ3) is 14.5. The highest BCUT2D eigenvalue weighted by Crippen LogP contribution is 2.39. The number of piperazine rings is 1. The molecule has 0 saturated carbocycles. The number of benzene rings is 3. The molecule has 412 valence electrons. The number of nitrogens with zero attached hydrogens (tertiary/aromatic N) is 7. The zero-order valence-electron chi connectivity index (χ0n) is 45.2. The van der Waals surface area contributed by atoms with Crippen molar-refractivity contribution in [2.24, 2.45) is 5.41 Å².